The van der Waals surface area contributed by atoms with Crippen molar-refractivity contribution in [2.75, 3.05) is 45.8 Å². The van der Waals surface area contributed by atoms with Gasteiger partial charge in [-0.2, -0.15) is 0 Å². The highest BCUT2D eigenvalue weighted by atomic mass is 79.9. The molecule has 0 radical (unpaired) electrons. The molecule has 0 bridgehead atoms. The van der Waals surface area contributed by atoms with Crippen LogP contribution in [0.15, 0.2) is 15.9 Å². The number of rotatable bonds is 12. The van der Waals surface area contributed by atoms with Gasteiger partial charge in [0.25, 0.3) is 0 Å². The van der Waals surface area contributed by atoms with Crippen molar-refractivity contribution in [2.45, 2.75) is 33.7 Å². The second-order valence-corrected chi connectivity index (χ2v) is 7.13. The zero-order chi connectivity index (χ0) is 15.5. The van der Waals surface area contributed by atoms with Gasteiger partial charge < -0.3 is 15.1 Å². The summed E-state index contributed by atoms with van der Waals surface area (Å²) in [5.41, 5.74) is 0. The molecule has 0 atom stereocenters. The average Bonchev–Trinajstić information content (AvgIpc) is 2.91. The highest BCUT2D eigenvalue weighted by Crippen LogP contribution is 2.19. The van der Waals surface area contributed by atoms with Gasteiger partial charge in [0.2, 0.25) is 0 Å². The lowest BCUT2D eigenvalue weighted by atomic mass is 10.3. The minimum absolute atomic E-state index is 0.979. The summed E-state index contributed by atoms with van der Waals surface area (Å²) in [4.78, 5) is 6.44. The largest absolute Gasteiger partial charge is 0.311 e. The smallest absolute Gasteiger partial charge is 0.0300 e. The summed E-state index contributed by atoms with van der Waals surface area (Å²) in [6.07, 6.45) is 1.27. The molecule has 122 valence electrons. The Morgan fingerprint density at radius 3 is 2.29 bits per heavy atom. The minimum atomic E-state index is 0.979. The predicted molar refractivity (Wildman–Crippen MR) is 98.2 cm³/mol. The molecule has 3 nitrogen and oxygen atoms in total. The molecule has 0 aliphatic carbocycles. The number of nitrogens with one attached hydrogen (secondary N) is 1. The fraction of sp³-hybridized carbons (Fsp3) is 0.750. The molecule has 0 fully saturated rings. The third-order valence-electron chi connectivity index (χ3n) is 3.82. The third-order valence-corrected chi connectivity index (χ3v) is 5.51. The summed E-state index contributed by atoms with van der Waals surface area (Å²) in [6.45, 7) is 15.8. The normalized spacial score (nSPS) is 11.7. The fourth-order valence-electron chi connectivity index (χ4n) is 2.38. The Bertz CT molecular complexity index is 366. The standard InChI is InChI=1S/C16H30BrN3S/c1-4-19(5-2)9-7-10-20(6-3)11-8-18-13-16-12-15(17)14-21-16/h12,14,18H,4-11,13H2,1-3H3. The number of halogens is 1. The van der Waals surface area contributed by atoms with Crippen LogP contribution in [0.2, 0.25) is 0 Å². The molecule has 0 saturated heterocycles. The van der Waals surface area contributed by atoms with Crippen LogP contribution in [0.1, 0.15) is 32.1 Å². The number of hydrogen-bond donors (Lipinski definition) is 1. The van der Waals surface area contributed by atoms with Crippen molar-refractivity contribution in [1.82, 2.24) is 15.1 Å². The van der Waals surface area contributed by atoms with Crippen LogP contribution in [0.25, 0.3) is 0 Å². The second-order valence-electron chi connectivity index (χ2n) is 5.22. The molecular weight excluding hydrogens is 346 g/mol. The van der Waals surface area contributed by atoms with Crippen LogP contribution in [0.4, 0.5) is 0 Å². The third kappa shape index (κ3) is 8.31. The van der Waals surface area contributed by atoms with Crippen LogP contribution in [0, 0.1) is 0 Å². The lowest BCUT2D eigenvalue weighted by molar-refractivity contribution is 0.243. The summed E-state index contributed by atoms with van der Waals surface area (Å²) >= 11 is 5.31. The Balaban J connectivity index is 2.10. The van der Waals surface area contributed by atoms with Crippen molar-refractivity contribution in [3.05, 3.63) is 20.8 Å². The predicted octanol–water partition coefficient (Wildman–Crippen LogP) is 3.65. The van der Waals surface area contributed by atoms with Gasteiger partial charge in [-0.1, -0.05) is 20.8 Å². The summed E-state index contributed by atoms with van der Waals surface area (Å²) in [6, 6.07) is 2.19. The Kier molecular flexibility index (Phi) is 10.6. The zero-order valence-corrected chi connectivity index (χ0v) is 16.1. The Morgan fingerprint density at radius 2 is 1.71 bits per heavy atom. The molecule has 0 aliphatic heterocycles. The summed E-state index contributed by atoms with van der Waals surface area (Å²) in [5.74, 6) is 0. The summed E-state index contributed by atoms with van der Waals surface area (Å²) < 4.78 is 1.19. The van der Waals surface area contributed by atoms with Crippen molar-refractivity contribution in [3.8, 4) is 0 Å². The molecule has 0 saturated carbocycles. The van der Waals surface area contributed by atoms with E-state index >= 15 is 0 Å². The van der Waals surface area contributed by atoms with E-state index in [0.29, 0.717) is 0 Å². The first-order chi connectivity index (χ1) is 10.2. The number of hydrogen-bond acceptors (Lipinski definition) is 4. The minimum Gasteiger partial charge on any atom is -0.311 e. The lowest BCUT2D eigenvalue weighted by Crippen LogP contribution is -2.34. The molecule has 0 amide bonds. The molecule has 5 heteroatoms. The molecule has 1 heterocycles. The molecule has 1 aromatic heterocycles. The van der Waals surface area contributed by atoms with E-state index in [-0.39, 0.29) is 0 Å². The van der Waals surface area contributed by atoms with E-state index in [0.717, 1.165) is 26.2 Å². The van der Waals surface area contributed by atoms with E-state index < -0.39 is 0 Å². The number of likely N-dealkylation sites (N-methyl/N-ethyl adjacent to an activating group) is 1. The van der Waals surface area contributed by atoms with Crippen LogP contribution in [-0.4, -0.2) is 55.6 Å². The summed E-state index contributed by atoms with van der Waals surface area (Å²) in [5, 5.41) is 5.68. The molecule has 0 spiro atoms. The van der Waals surface area contributed by atoms with Gasteiger partial charge in [-0.15, -0.1) is 11.3 Å². The quantitative estimate of drug-likeness (QED) is 0.562. The molecule has 1 aromatic rings. The van der Waals surface area contributed by atoms with Crippen LogP contribution < -0.4 is 5.32 Å². The highest BCUT2D eigenvalue weighted by Gasteiger charge is 2.04. The van der Waals surface area contributed by atoms with E-state index in [9.17, 15) is 0 Å². The van der Waals surface area contributed by atoms with Crippen LogP contribution in [-0.2, 0) is 6.54 Å². The first-order valence-electron chi connectivity index (χ1n) is 8.07. The van der Waals surface area contributed by atoms with Crippen LogP contribution in [0.5, 0.6) is 0 Å². The van der Waals surface area contributed by atoms with Gasteiger partial charge in [-0.3, -0.25) is 0 Å². The zero-order valence-electron chi connectivity index (χ0n) is 13.7. The molecule has 0 aromatic carbocycles. The first-order valence-corrected chi connectivity index (χ1v) is 9.75. The Hall–Kier alpha value is 0.0600. The van der Waals surface area contributed by atoms with Crippen LogP contribution in [0.3, 0.4) is 0 Å². The van der Waals surface area contributed by atoms with Crippen LogP contribution >= 0.6 is 27.3 Å². The molecular formula is C16H30BrN3S. The fourth-order valence-corrected chi connectivity index (χ4v) is 3.80. The number of nitrogens with zero attached hydrogens (tertiary/aromatic N) is 2. The SMILES string of the molecule is CCN(CC)CCCN(CC)CCNCc1cc(Br)cs1. The van der Waals surface area contributed by atoms with Gasteiger partial charge in [-0.05, 0) is 61.1 Å². The lowest BCUT2D eigenvalue weighted by Gasteiger charge is -2.23. The molecule has 1 rings (SSSR count). The van der Waals surface area contributed by atoms with Crippen molar-refractivity contribution in [3.63, 3.8) is 0 Å². The average molecular weight is 376 g/mol. The molecule has 21 heavy (non-hydrogen) atoms. The molecule has 0 unspecified atom stereocenters. The van der Waals surface area contributed by atoms with Crippen molar-refractivity contribution < 1.29 is 0 Å². The topological polar surface area (TPSA) is 18.5 Å². The van der Waals surface area contributed by atoms with Crippen molar-refractivity contribution >= 4 is 27.3 Å². The van der Waals surface area contributed by atoms with Gasteiger partial charge in [0.15, 0.2) is 0 Å². The van der Waals surface area contributed by atoms with E-state index in [4.69, 9.17) is 0 Å². The Labute approximate surface area is 142 Å². The van der Waals surface area contributed by atoms with Gasteiger partial charge in [0.1, 0.15) is 0 Å². The first kappa shape index (κ1) is 19.1. The maximum Gasteiger partial charge on any atom is 0.0300 e. The van der Waals surface area contributed by atoms with Gasteiger partial charge in [0.05, 0.1) is 0 Å². The van der Waals surface area contributed by atoms with E-state index in [1.807, 2.05) is 11.3 Å². The monoisotopic (exact) mass is 375 g/mol. The van der Waals surface area contributed by atoms with E-state index in [1.54, 1.807) is 0 Å². The summed E-state index contributed by atoms with van der Waals surface area (Å²) in [7, 11) is 0. The van der Waals surface area contributed by atoms with Gasteiger partial charge in [-0.25, -0.2) is 0 Å². The van der Waals surface area contributed by atoms with E-state index in [2.05, 4.69) is 63.3 Å². The Morgan fingerprint density at radius 1 is 1.05 bits per heavy atom. The van der Waals surface area contributed by atoms with E-state index in [1.165, 1.54) is 41.9 Å². The van der Waals surface area contributed by atoms with Crippen molar-refractivity contribution in [2.24, 2.45) is 0 Å². The van der Waals surface area contributed by atoms with Gasteiger partial charge in [0, 0.05) is 34.4 Å². The molecule has 0 aliphatic rings. The second kappa shape index (κ2) is 11.6. The highest BCUT2D eigenvalue weighted by molar-refractivity contribution is 9.10. The molecule has 1 N–H and O–H groups in total. The van der Waals surface area contributed by atoms with Crippen molar-refractivity contribution in [1.29, 1.82) is 0 Å². The number of thiophene rings is 1. The van der Waals surface area contributed by atoms with Gasteiger partial charge >= 0.3 is 0 Å². The maximum absolute atomic E-state index is 3.54. The maximum atomic E-state index is 3.54.